The molecule has 6 rings (SSSR count). The lowest BCUT2D eigenvalue weighted by molar-refractivity contribution is -0.108. The largest absolute Gasteiger partial charge is 0.460 e. The zero-order valence-corrected chi connectivity index (χ0v) is 22.6. The first-order valence-electron chi connectivity index (χ1n) is 12.7. The van der Waals surface area contributed by atoms with E-state index in [0.29, 0.717) is 5.92 Å². The molecular weight excluding hydrogens is 500 g/mol. The van der Waals surface area contributed by atoms with E-state index in [1.54, 1.807) is 4.52 Å². The number of carbonyl (C=O) groups excluding carboxylic acids is 1. The third-order valence-electron chi connectivity index (χ3n) is 6.40. The summed E-state index contributed by atoms with van der Waals surface area (Å²) in [5.41, 5.74) is 3.44. The van der Waals surface area contributed by atoms with Gasteiger partial charge in [-0.1, -0.05) is 0 Å². The summed E-state index contributed by atoms with van der Waals surface area (Å²) in [6.45, 7) is 3.76. The molecule has 1 aliphatic rings. The van der Waals surface area contributed by atoms with Crippen LogP contribution in [0.4, 0.5) is 5.82 Å². The van der Waals surface area contributed by atoms with Crippen LogP contribution < -0.4 is 10.6 Å². The van der Waals surface area contributed by atoms with Gasteiger partial charge in [0.1, 0.15) is 29.4 Å². The lowest BCUT2D eigenvalue weighted by atomic mass is 10.1. The van der Waals surface area contributed by atoms with Gasteiger partial charge in [-0.3, -0.25) is 4.40 Å². The molecule has 0 saturated heterocycles. The van der Waals surface area contributed by atoms with Gasteiger partial charge in [-0.25, -0.2) is 9.50 Å². The highest BCUT2D eigenvalue weighted by molar-refractivity contribution is 7.98. The molecule has 1 atom stereocenters. The molecule has 1 aliphatic carbocycles. The minimum absolute atomic E-state index is 0.0621. The van der Waals surface area contributed by atoms with Crippen LogP contribution in [0.5, 0.6) is 0 Å². The first-order valence-corrected chi connectivity index (χ1v) is 14.1. The summed E-state index contributed by atoms with van der Waals surface area (Å²) in [7, 11) is 1.84. The van der Waals surface area contributed by atoms with Gasteiger partial charge in [0, 0.05) is 37.0 Å². The van der Waals surface area contributed by atoms with Crippen molar-refractivity contribution in [2.45, 2.75) is 32.2 Å². The van der Waals surface area contributed by atoms with Crippen LogP contribution in [-0.4, -0.2) is 61.1 Å². The van der Waals surface area contributed by atoms with Crippen molar-refractivity contribution in [3.05, 3.63) is 66.1 Å². The highest BCUT2D eigenvalue weighted by Gasteiger charge is 2.19. The minimum Gasteiger partial charge on any atom is -0.460 e. The first-order chi connectivity index (χ1) is 18.6. The smallest absolute Gasteiger partial charge is 0.160 e. The molecule has 0 aliphatic heterocycles. The van der Waals surface area contributed by atoms with Crippen molar-refractivity contribution >= 4 is 35.2 Å². The Labute approximate surface area is 225 Å². The summed E-state index contributed by atoms with van der Waals surface area (Å²) in [6.07, 6.45) is 9.32. The van der Waals surface area contributed by atoms with Gasteiger partial charge in [0.05, 0.1) is 24.4 Å². The molecule has 1 unspecified atom stereocenters. The van der Waals surface area contributed by atoms with E-state index in [1.165, 1.54) is 0 Å². The SMILES string of the molecule is CNc1cn2nc(C(C)c3nnc4ccc(-c5ccc(CNCCSC)o5)cn34)ccc2n1.O=CC1CC1. The summed E-state index contributed by atoms with van der Waals surface area (Å²) in [5.74, 6) is 4.81. The number of pyridine rings is 1. The van der Waals surface area contributed by atoms with Gasteiger partial charge in [-0.15, -0.1) is 10.2 Å². The second kappa shape index (κ2) is 11.8. The molecule has 0 bridgehead atoms. The number of furan rings is 1. The van der Waals surface area contributed by atoms with Crippen molar-refractivity contribution in [1.82, 2.24) is 34.5 Å². The quantitative estimate of drug-likeness (QED) is 0.201. The number of thioether (sulfide) groups is 1. The summed E-state index contributed by atoms with van der Waals surface area (Å²) < 4.78 is 9.86. The van der Waals surface area contributed by atoms with Crippen LogP contribution in [0.1, 0.15) is 43.0 Å². The Balaban J connectivity index is 0.000000529. The summed E-state index contributed by atoms with van der Waals surface area (Å²) in [6, 6.07) is 12.0. The molecule has 0 aromatic carbocycles. The molecule has 10 nitrogen and oxygen atoms in total. The van der Waals surface area contributed by atoms with E-state index in [1.807, 2.05) is 72.0 Å². The van der Waals surface area contributed by atoms with Crippen LogP contribution >= 0.6 is 11.8 Å². The number of nitrogens with one attached hydrogen (secondary N) is 2. The molecule has 0 amide bonds. The number of rotatable bonds is 10. The molecule has 38 heavy (non-hydrogen) atoms. The van der Waals surface area contributed by atoms with Crippen LogP contribution in [-0.2, 0) is 11.3 Å². The van der Waals surface area contributed by atoms with Gasteiger partial charge >= 0.3 is 0 Å². The average molecular weight is 533 g/mol. The summed E-state index contributed by atoms with van der Waals surface area (Å²) >= 11 is 1.83. The Morgan fingerprint density at radius 2 is 1.97 bits per heavy atom. The Hall–Kier alpha value is -3.70. The number of aromatic nitrogens is 6. The highest BCUT2D eigenvalue weighted by atomic mass is 32.2. The van der Waals surface area contributed by atoms with Gasteiger partial charge in [0.25, 0.3) is 0 Å². The minimum atomic E-state index is -0.0621. The molecule has 2 N–H and O–H groups in total. The van der Waals surface area contributed by atoms with Crippen molar-refractivity contribution in [1.29, 1.82) is 0 Å². The number of carbonyl (C=O) groups is 1. The van der Waals surface area contributed by atoms with Crippen molar-refractivity contribution in [3.8, 4) is 11.3 Å². The van der Waals surface area contributed by atoms with E-state index in [-0.39, 0.29) is 5.92 Å². The summed E-state index contributed by atoms with van der Waals surface area (Å²) in [5, 5.41) is 20.0. The third-order valence-corrected chi connectivity index (χ3v) is 7.01. The van der Waals surface area contributed by atoms with E-state index in [2.05, 4.69) is 39.0 Å². The molecule has 198 valence electrons. The zero-order valence-electron chi connectivity index (χ0n) is 21.8. The lowest BCUT2D eigenvalue weighted by Gasteiger charge is -2.10. The van der Waals surface area contributed by atoms with Crippen LogP contribution in [0.25, 0.3) is 22.6 Å². The fourth-order valence-electron chi connectivity index (χ4n) is 3.98. The first kappa shape index (κ1) is 25.9. The number of hydrogen-bond donors (Lipinski definition) is 2. The monoisotopic (exact) mass is 532 g/mol. The van der Waals surface area contributed by atoms with Crippen molar-refractivity contribution in [2.75, 3.05) is 30.9 Å². The average Bonchev–Trinajstić information content (AvgIpc) is 3.32. The second-order valence-corrected chi connectivity index (χ2v) is 10.3. The topological polar surface area (TPSA) is 115 Å². The third kappa shape index (κ3) is 5.89. The predicted molar refractivity (Wildman–Crippen MR) is 150 cm³/mol. The van der Waals surface area contributed by atoms with E-state index in [0.717, 1.165) is 83.7 Å². The number of hydrogen-bond acceptors (Lipinski definition) is 9. The Morgan fingerprint density at radius 1 is 1.13 bits per heavy atom. The predicted octanol–water partition coefficient (Wildman–Crippen LogP) is 4.27. The van der Waals surface area contributed by atoms with Gasteiger partial charge in [-0.05, 0) is 62.4 Å². The van der Waals surface area contributed by atoms with E-state index >= 15 is 0 Å². The van der Waals surface area contributed by atoms with Gasteiger partial charge in [-0.2, -0.15) is 16.9 Å². The Bertz CT molecular complexity index is 1520. The van der Waals surface area contributed by atoms with E-state index in [4.69, 9.17) is 9.52 Å². The molecule has 0 radical (unpaired) electrons. The molecular formula is C27H32N8O2S. The van der Waals surface area contributed by atoms with Crippen LogP contribution in [0.3, 0.4) is 0 Å². The maximum absolute atomic E-state index is 9.57. The van der Waals surface area contributed by atoms with Gasteiger partial charge in [0.2, 0.25) is 0 Å². The molecule has 5 aromatic heterocycles. The number of imidazole rings is 1. The van der Waals surface area contributed by atoms with E-state index in [9.17, 15) is 4.79 Å². The Morgan fingerprint density at radius 3 is 2.71 bits per heavy atom. The molecule has 1 saturated carbocycles. The molecule has 5 heterocycles. The van der Waals surface area contributed by atoms with Crippen LogP contribution in [0, 0.1) is 5.92 Å². The van der Waals surface area contributed by atoms with Gasteiger partial charge < -0.3 is 19.8 Å². The fraction of sp³-hybridized carbons (Fsp3) is 0.370. The number of anilines is 1. The lowest BCUT2D eigenvalue weighted by Crippen LogP contribution is -2.15. The Kier molecular flexibility index (Phi) is 8.04. The van der Waals surface area contributed by atoms with Crippen LogP contribution in [0.2, 0.25) is 0 Å². The standard InChI is InChI=1S/C23H26N8OS.C4H6O/c1-15(18-6-9-21-26-20(24-2)14-31(21)29-18)23-28-27-22-8-4-16(13-30(22)23)19-7-5-17(32-19)12-25-10-11-33-3;5-3-4-1-2-4/h4-9,13-15,24-25H,10-12H2,1-3H3;3-4H,1-2H2. The molecule has 5 aromatic rings. The van der Waals surface area contributed by atoms with Crippen molar-refractivity contribution < 1.29 is 9.21 Å². The van der Waals surface area contributed by atoms with Crippen molar-refractivity contribution in [3.63, 3.8) is 0 Å². The summed E-state index contributed by atoms with van der Waals surface area (Å²) in [4.78, 5) is 14.0. The number of nitrogens with zero attached hydrogens (tertiary/aromatic N) is 6. The normalized spacial score (nSPS) is 13.9. The van der Waals surface area contributed by atoms with Crippen molar-refractivity contribution in [2.24, 2.45) is 5.92 Å². The fourth-order valence-corrected chi connectivity index (χ4v) is 4.32. The molecule has 11 heteroatoms. The second-order valence-electron chi connectivity index (χ2n) is 9.27. The molecule has 1 fully saturated rings. The highest BCUT2D eigenvalue weighted by Crippen LogP contribution is 2.27. The maximum Gasteiger partial charge on any atom is 0.160 e. The zero-order chi connectivity index (χ0) is 26.5. The van der Waals surface area contributed by atoms with Gasteiger partial charge in [0.15, 0.2) is 11.3 Å². The van der Waals surface area contributed by atoms with Crippen LogP contribution in [0.15, 0.2) is 53.2 Å². The van der Waals surface area contributed by atoms with E-state index < -0.39 is 0 Å². The number of aldehydes is 1. The molecule has 0 spiro atoms. The maximum atomic E-state index is 9.57. The number of fused-ring (bicyclic) bond motifs is 2.